The van der Waals surface area contributed by atoms with Crippen LogP contribution in [0.25, 0.3) is 0 Å². The average molecular weight is 330 g/mol. The number of benzene rings is 1. The van der Waals surface area contributed by atoms with Crippen LogP contribution >= 0.6 is 34.5 Å². The van der Waals surface area contributed by atoms with Crippen molar-refractivity contribution in [1.29, 1.82) is 0 Å². The van der Waals surface area contributed by atoms with E-state index in [0.29, 0.717) is 14.9 Å². The predicted molar refractivity (Wildman–Crippen MR) is 78.6 cm³/mol. The number of rotatable bonds is 4. The molecule has 0 fully saturated rings. The van der Waals surface area contributed by atoms with Gasteiger partial charge >= 0.3 is 5.97 Å². The first-order valence-corrected chi connectivity index (χ1v) is 7.14. The summed E-state index contributed by atoms with van der Waals surface area (Å²) in [5.41, 5.74) is 0.213. The number of aliphatic carboxylic acids is 1. The Labute approximate surface area is 128 Å². The summed E-state index contributed by atoms with van der Waals surface area (Å²) in [6.45, 7) is 0. The molecule has 0 spiro atoms. The monoisotopic (exact) mass is 329 g/mol. The van der Waals surface area contributed by atoms with Gasteiger partial charge in [-0.05, 0) is 29.6 Å². The third kappa shape index (κ3) is 3.50. The van der Waals surface area contributed by atoms with Crippen LogP contribution in [0.15, 0.2) is 35.7 Å². The van der Waals surface area contributed by atoms with Gasteiger partial charge in [-0.3, -0.25) is 4.79 Å². The molecule has 0 aliphatic carbocycles. The van der Waals surface area contributed by atoms with Crippen molar-refractivity contribution in [3.63, 3.8) is 0 Å². The molecule has 2 aromatic rings. The van der Waals surface area contributed by atoms with Crippen molar-refractivity contribution >= 4 is 46.4 Å². The van der Waals surface area contributed by atoms with Crippen molar-refractivity contribution in [2.45, 2.75) is 6.04 Å². The number of nitrogens with one attached hydrogen (secondary N) is 1. The number of hydrogen-bond acceptors (Lipinski definition) is 3. The number of carboxylic acid groups (broad SMARTS) is 1. The maximum atomic E-state index is 12.1. The van der Waals surface area contributed by atoms with Gasteiger partial charge in [0.05, 0.1) is 0 Å². The zero-order valence-electron chi connectivity index (χ0n) is 9.97. The van der Waals surface area contributed by atoms with Crippen LogP contribution in [0.5, 0.6) is 0 Å². The van der Waals surface area contributed by atoms with Gasteiger partial charge in [0.2, 0.25) is 0 Å². The van der Waals surface area contributed by atoms with Crippen molar-refractivity contribution in [2.75, 3.05) is 0 Å². The topological polar surface area (TPSA) is 66.4 Å². The molecular formula is C13H9Cl2NO3S. The molecule has 20 heavy (non-hydrogen) atoms. The molecule has 0 saturated carbocycles. The second-order valence-corrected chi connectivity index (χ2v) is 5.77. The molecule has 1 amide bonds. The van der Waals surface area contributed by atoms with Gasteiger partial charge in [-0.25, -0.2) is 4.79 Å². The van der Waals surface area contributed by atoms with E-state index < -0.39 is 17.9 Å². The third-order valence-corrected chi connectivity index (χ3v) is 3.85. The highest BCUT2D eigenvalue weighted by Crippen LogP contribution is 2.22. The molecule has 104 valence electrons. The van der Waals surface area contributed by atoms with Gasteiger partial charge in [-0.15, -0.1) is 11.3 Å². The molecule has 1 heterocycles. The summed E-state index contributed by atoms with van der Waals surface area (Å²) in [6.07, 6.45) is 0. The lowest BCUT2D eigenvalue weighted by Gasteiger charge is -2.13. The van der Waals surface area contributed by atoms with Crippen molar-refractivity contribution in [3.05, 3.63) is 56.2 Å². The summed E-state index contributed by atoms with van der Waals surface area (Å²) in [4.78, 5) is 23.9. The maximum absolute atomic E-state index is 12.1. The van der Waals surface area contributed by atoms with E-state index in [1.54, 1.807) is 17.5 Å². The molecule has 1 atom stereocenters. The normalized spacial score (nSPS) is 11.9. The van der Waals surface area contributed by atoms with Gasteiger partial charge in [0.15, 0.2) is 6.04 Å². The minimum absolute atomic E-state index is 0.213. The van der Waals surface area contributed by atoms with E-state index in [0.717, 1.165) is 0 Å². The molecule has 0 bridgehead atoms. The molecule has 0 radical (unpaired) electrons. The summed E-state index contributed by atoms with van der Waals surface area (Å²) in [7, 11) is 0. The number of halogens is 2. The van der Waals surface area contributed by atoms with Gasteiger partial charge in [-0.2, -0.15) is 0 Å². The zero-order chi connectivity index (χ0) is 14.7. The Balaban J connectivity index is 2.23. The van der Waals surface area contributed by atoms with Crippen LogP contribution in [0.3, 0.4) is 0 Å². The highest BCUT2D eigenvalue weighted by atomic mass is 35.5. The predicted octanol–water partition coefficient (Wildman–Crippen LogP) is 3.61. The SMILES string of the molecule is O=C(NC(C(=O)O)c1cccs1)c1cc(Cl)cc(Cl)c1. The number of amides is 1. The van der Waals surface area contributed by atoms with E-state index in [1.807, 2.05) is 0 Å². The summed E-state index contributed by atoms with van der Waals surface area (Å²) in [6, 6.07) is 6.62. The fourth-order valence-electron chi connectivity index (χ4n) is 1.61. The Bertz CT molecular complexity index is 623. The summed E-state index contributed by atoms with van der Waals surface area (Å²) in [5.74, 6) is -1.68. The Kier molecular flexibility index (Phi) is 4.65. The molecule has 2 N–H and O–H groups in total. The Morgan fingerprint density at radius 2 is 1.85 bits per heavy atom. The van der Waals surface area contributed by atoms with E-state index in [9.17, 15) is 14.7 Å². The molecule has 1 aromatic heterocycles. The molecule has 0 saturated heterocycles. The van der Waals surface area contributed by atoms with E-state index >= 15 is 0 Å². The number of carbonyl (C=O) groups is 2. The fraction of sp³-hybridized carbons (Fsp3) is 0.0769. The van der Waals surface area contributed by atoms with Crippen LogP contribution in [0, 0.1) is 0 Å². The quantitative estimate of drug-likeness (QED) is 0.900. The second-order valence-electron chi connectivity index (χ2n) is 3.92. The molecule has 1 aromatic carbocycles. The Morgan fingerprint density at radius 3 is 2.35 bits per heavy atom. The third-order valence-electron chi connectivity index (χ3n) is 2.47. The van der Waals surface area contributed by atoms with Crippen LogP contribution in [0.4, 0.5) is 0 Å². The van der Waals surface area contributed by atoms with Crippen LogP contribution in [0.1, 0.15) is 21.3 Å². The molecule has 1 unspecified atom stereocenters. The van der Waals surface area contributed by atoms with Crippen molar-refractivity contribution in [2.24, 2.45) is 0 Å². The highest BCUT2D eigenvalue weighted by molar-refractivity contribution is 7.10. The van der Waals surface area contributed by atoms with Crippen molar-refractivity contribution in [1.82, 2.24) is 5.32 Å². The highest BCUT2D eigenvalue weighted by Gasteiger charge is 2.23. The average Bonchev–Trinajstić information content (AvgIpc) is 2.87. The standard InChI is InChI=1S/C13H9Cl2NO3S/c14-8-4-7(5-9(15)6-8)12(17)16-11(13(18)19)10-2-1-3-20-10/h1-6,11H,(H,16,17)(H,18,19). The second kappa shape index (κ2) is 6.26. The van der Waals surface area contributed by atoms with Gasteiger partial charge in [0, 0.05) is 20.5 Å². The van der Waals surface area contributed by atoms with E-state index in [1.165, 1.54) is 29.5 Å². The number of carboxylic acids is 1. The Morgan fingerprint density at radius 1 is 1.20 bits per heavy atom. The molecule has 0 aliphatic rings. The van der Waals surface area contributed by atoms with Crippen LogP contribution in [0.2, 0.25) is 10.0 Å². The summed E-state index contributed by atoms with van der Waals surface area (Å²) >= 11 is 12.9. The summed E-state index contributed by atoms with van der Waals surface area (Å²) < 4.78 is 0. The lowest BCUT2D eigenvalue weighted by molar-refractivity contribution is -0.139. The first-order valence-electron chi connectivity index (χ1n) is 5.50. The van der Waals surface area contributed by atoms with Crippen LogP contribution in [-0.2, 0) is 4.79 Å². The number of hydrogen-bond donors (Lipinski definition) is 2. The molecule has 2 rings (SSSR count). The first-order chi connectivity index (χ1) is 9.47. The first kappa shape index (κ1) is 14.8. The molecular weight excluding hydrogens is 321 g/mol. The minimum atomic E-state index is -1.13. The van der Waals surface area contributed by atoms with Gasteiger partial charge in [0.25, 0.3) is 5.91 Å². The van der Waals surface area contributed by atoms with Gasteiger partial charge in [0.1, 0.15) is 0 Å². The zero-order valence-corrected chi connectivity index (χ0v) is 12.3. The van der Waals surface area contributed by atoms with E-state index in [-0.39, 0.29) is 5.56 Å². The molecule has 7 heteroatoms. The van der Waals surface area contributed by atoms with Crippen molar-refractivity contribution in [3.8, 4) is 0 Å². The maximum Gasteiger partial charge on any atom is 0.331 e. The van der Waals surface area contributed by atoms with Crippen LogP contribution in [-0.4, -0.2) is 17.0 Å². The largest absolute Gasteiger partial charge is 0.479 e. The lowest BCUT2D eigenvalue weighted by atomic mass is 10.2. The molecule has 0 aliphatic heterocycles. The number of thiophene rings is 1. The fourth-order valence-corrected chi connectivity index (χ4v) is 2.90. The van der Waals surface area contributed by atoms with E-state index in [2.05, 4.69) is 5.32 Å². The van der Waals surface area contributed by atoms with Crippen molar-refractivity contribution < 1.29 is 14.7 Å². The summed E-state index contributed by atoms with van der Waals surface area (Å²) in [5, 5.41) is 14.0. The van der Waals surface area contributed by atoms with E-state index in [4.69, 9.17) is 23.2 Å². The lowest BCUT2D eigenvalue weighted by Crippen LogP contribution is -2.33. The minimum Gasteiger partial charge on any atom is -0.479 e. The smallest absolute Gasteiger partial charge is 0.331 e. The van der Waals surface area contributed by atoms with Gasteiger partial charge in [-0.1, -0.05) is 29.3 Å². The van der Waals surface area contributed by atoms with Crippen LogP contribution < -0.4 is 5.32 Å². The number of carbonyl (C=O) groups excluding carboxylic acids is 1. The van der Waals surface area contributed by atoms with Gasteiger partial charge < -0.3 is 10.4 Å². The molecule has 4 nitrogen and oxygen atoms in total. The Hall–Kier alpha value is -1.56.